The van der Waals surface area contributed by atoms with Crippen molar-refractivity contribution in [2.45, 2.75) is 33.1 Å². The molecule has 1 aromatic carbocycles. The summed E-state index contributed by atoms with van der Waals surface area (Å²) in [5.41, 5.74) is 2.54. The Balaban J connectivity index is 1.54. The molecule has 0 aliphatic rings. The van der Waals surface area contributed by atoms with Gasteiger partial charge in [0.1, 0.15) is 10.8 Å². The molecule has 28 heavy (non-hydrogen) atoms. The van der Waals surface area contributed by atoms with Crippen LogP contribution in [-0.2, 0) is 26.2 Å². The second-order valence-electron chi connectivity index (χ2n) is 6.66. The van der Waals surface area contributed by atoms with Gasteiger partial charge >= 0.3 is 0 Å². The van der Waals surface area contributed by atoms with E-state index in [0.717, 1.165) is 29.8 Å². The number of benzene rings is 1. The van der Waals surface area contributed by atoms with E-state index in [-0.39, 0.29) is 0 Å². The number of nitrogens with zero attached hydrogens (tertiary/aromatic N) is 3. The molecular weight excluding hydrogens is 370 g/mol. The van der Waals surface area contributed by atoms with E-state index in [1.165, 1.54) is 16.0 Å². The lowest BCUT2D eigenvalue weighted by Crippen LogP contribution is -2.36. The van der Waals surface area contributed by atoms with Crippen LogP contribution in [0.15, 0.2) is 58.3 Å². The molecule has 0 saturated heterocycles. The number of aromatic nitrogens is 1. The number of hydrogen-bond donors (Lipinski definition) is 2. The largest absolute Gasteiger partial charge is 0.468 e. The molecule has 0 bridgehead atoms. The molecule has 2 heterocycles. The summed E-state index contributed by atoms with van der Waals surface area (Å²) >= 11 is 1.70. The minimum atomic E-state index is 0.672. The maximum atomic E-state index is 5.45. The third kappa shape index (κ3) is 5.94. The molecule has 0 fully saturated rings. The molecule has 0 atom stereocenters. The number of aliphatic imine (C=N–C) groups is 1. The first kappa shape index (κ1) is 20.1. The van der Waals surface area contributed by atoms with Gasteiger partial charge in [-0.25, -0.2) is 4.98 Å². The van der Waals surface area contributed by atoms with Crippen LogP contribution < -0.4 is 10.6 Å². The summed E-state index contributed by atoms with van der Waals surface area (Å²) in [7, 11) is 3.88. The lowest BCUT2D eigenvalue weighted by atomic mass is 10.1. The van der Waals surface area contributed by atoms with Gasteiger partial charge in [0, 0.05) is 31.2 Å². The van der Waals surface area contributed by atoms with E-state index in [2.05, 4.69) is 63.7 Å². The van der Waals surface area contributed by atoms with Gasteiger partial charge in [0.2, 0.25) is 0 Å². The van der Waals surface area contributed by atoms with Crippen LogP contribution in [-0.4, -0.2) is 29.9 Å². The summed E-state index contributed by atoms with van der Waals surface area (Å²) < 4.78 is 5.45. The van der Waals surface area contributed by atoms with Gasteiger partial charge in [0.25, 0.3) is 0 Å². The summed E-state index contributed by atoms with van der Waals surface area (Å²) in [5, 5.41) is 7.78. The molecule has 0 unspecified atom stereocenters. The molecule has 2 aromatic heterocycles. The number of rotatable bonds is 8. The monoisotopic (exact) mass is 397 g/mol. The third-order valence-corrected chi connectivity index (χ3v) is 5.22. The zero-order valence-electron chi connectivity index (χ0n) is 16.6. The van der Waals surface area contributed by atoms with E-state index in [4.69, 9.17) is 4.42 Å². The van der Waals surface area contributed by atoms with Crippen molar-refractivity contribution in [2.24, 2.45) is 4.99 Å². The average Bonchev–Trinajstić information content (AvgIpc) is 3.34. The minimum absolute atomic E-state index is 0.672. The Kier molecular flexibility index (Phi) is 7.22. The van der Waals surface area contributed by atoms with Crippen LogP contribution in [0.5, 0.6) is 0 Å². The van der Waals surface area contributed by atoms with Crippen LogP contribution in [0, 0.1) is 6.92 Å². The van der Waals surface area contributed by atoms with E-state index in [9.17, 15) is 0 Å². The van der Waals surface area contributed by atoms with Crippen molar-refractivity contribution in [3.8, 4) is 0 Å². The SMILES string of the molecule is CN=C(NCc1ncc(C)s1)NCc1ccccc1CN(C)Cc1ccco1. The summed E-state index contributed by atoms with van der Waals surface area (Å²) in [6, 6.07) is 12.4. The fourth-order valence-corrected chi connectivity index (χ4v) is 3.67. The molecule has 0 aliphatic carbocycles. The topological polar surface area (TPSA) is 65.7 Å². The number of nitrogens with one attached hydrogen (secondary N) is 2. The molecule has 0 saturated carbocycles. The number of hydrogen-bond acceptors (Lipinski definition) is 5. The van der Waals surface area contributed by atoms with Gasteiger partial charge in [-0.3, -0.25) is 9.89 Å². The van der Waals surface area contributed by atoms with Crippen molar-refractivity contribution in [3.05, 3.63) is 75.6 Å². The highest BCUT2D eigenvalue weighted by Crippen LogP contribution is 2.14. The Morgan fingerprint density at radius 2 is 1.89 bits per heavy atom. The highest BCUT2D eigenvalue weighted by atomic mass is 32.1. The van der Waals surface area contributed by atoms with Crippen LogP contribution in [0.3, 0.4) is 0 Å². The molecule has 3 rings (SSSR count). The molecule has 0 spiro atoms. The predicted octanol–water partition coefficient (Wildman–Crippen LogP) is 3.54. The highest BCUT2D eigenvalue weighted by molar-refractivity contribution is 7.11. The predicted molar refractivity (Wildman–Crippen MR) is 114 cm³/mol. The standard InChI is InChI=1S/C21H27N5OS/c1-16-11-23-20(28-16)13-25-21(22-2)24-12-17-7-4-5-8-18(17)14-26(3)15-19-9-6-10-27-19/h4-11H,12-15H2,1-3H3,(H2,22,24,25). The van der Waals surface area contributed by atoms with Crippen molar-refractivity contribution < 1.29 is 4.42 Å². The first-order valence-corrected chi connectivity index (χ1v) is 10.1. The maximum Gasteiger partial charge on any atom is 0.191 e. The van der Waals surface area contributed by atoms with Crippen molar-refractivity contribution in [3.63, 3.8) is 0 Å². The first-order valence-electron chi connectivity index (χ1n) is 9.27. The Bertz CT molecular complexity index is 888. The Morgan fingerprint density at radius 1 is 1.11 bits per heavy atom. The highest BCUT2D eigenvalue weighted by Gasteiger charge is 2.08. The van der Waals surface area contributed by atoms with E-state index in [0.29, 0.717) is 13.1 Å². The molecule has 3 aromatic rings. The van der Waals surface area contributed by atoms with Gasteiger partial charge in [-0.2, -0.15) is 0 Å². The first-order chi connectivity index (χ1) is 13.6. The molecule has 7 heteroatoms. The third-order valence-electron chi connectivity index (χ3n) is 4.31. The summed E-state index contributed by atoms with van der Waals surface area (Å²) in [6.45, 7) is 5.08. The zero-order chi connectivity index (χ0) is 19.8. The van der Waals surface area contributed by atoms with Gasteiger partial charge in [-0.15, -0.1) is 11.3 Å². The van der Waals surface area contributed by atoms with Crippen LogP contribution in [0.2, 0.25) is 0 Å². The van der Waals surface area contributed by atoms with Crippen LogP contribution in [0.1, 0.15) is 26.8 Å². The molecule has 0 radical (unpaired) electrons. The summed E-state index contributed by atoms with van der Waals surface area (Å²) in [5.74, 6) is 1.74. The molecule has 2 N–H and O–H groups in total. The van der Waals surface area contributed by atoms with Crippen LogP contribution in [0.4, 0.5) is 0 Å². The van der Waals surface area contributed by atoms with Crippen LogP contribution in [0.25, 0.3) is 0 Å². The molecule has 0 amide bonds. The Hall–Kier alpha value is -2.64. The fourth-order valence-electron chi connectivity index (χ4n) is 2.94. The second kappa shape index (κ2) is 10.1. The zero-order valence-corrected chi connectivity index (χ0v) is 17.4. The molecule has 6 nitrogen and oxygen atoms in total. The van der Waals surface area contributed by atoms with E-state index in [1.54, 1.807) is 24.6 Å². The van der Waals surface area contributed by atoms with Crippen molar-refractivity contribution in [1.82, 2.24) is 20.5 Å². The average molecular weight is 398 g/mol. The van der Waals surface area contributed by atoms with Crippen molar-refractivity contribution in [1.29, 1.82) is 0 Å². The fraction of sp³-hybridized carbons (Fsp3) is 0.333. The van der Waals surface area contributed by atoms with Crippen molar-refractivity contribution in [2.75, 3.05) is 14.1 Å². The number of furan rings is 1. The van der Waals surface area contributed by atoms with Gasteiger partial charge < -0.3 is 15.1 Å². The van der Waals surface area contributed by atoms with Gasteiger partial charge in [-0.1, -0.05) is 24.3 Å². The Labute approximate surface area is 170 Å². The van der Waals surface area contributed by atoms with Crippen molar-refractivity contribution >= 4 is 17.3 Å². The smallest absolute Gasteiger partial charge is 0.191 e. The van der Waals surface area contributed by atoms with E-state index >= 15 is 0 Å². The normalized spacial score (nSPS) is 11.8. The molecule has 0 aliphatic heterocycles. The lowest BCUT2D eigenvalue weighted by Gasteiger charge is -2.19. The summed E-state index contributed by atoms with van der Waals surface area (Å²) in [4.78, 5) is 12.2. The second-order valence-corrected chi connectivity index (χ2v) is 7.98. The van der Waals surface area contributed by atoms with Gasteiger partial charge in [0.05, 0.1) is 19.4 Å². The van der Waals surface area contributed by atoms with E-state index < -0.39 is 0 Å². The number of thiazole rings is 1. The van der Waals surface area contributed by atoms with Gasteiger partial charge in [-0.05, 0) is 37.2 Å². The molecule has 148 valence electrons. The maximum absolute atomic E-state index is 5.45. The lowest BCUT2D eigenvalue weighted by molar-refractivity contribution is 0.287. The minimum Gasteiger partial charge on any atom is -0.468 e. The van der Waals surface area contributed by atoms with Crippen LogP contribution >= 0.6 is 11.3 Å². The number of aryl methyl sites for hydroxylation is 1. The molecular formula is C21H27N5OS. The quantitative estimate of drug-likeness (QED) is 0.450. The van der Waals surface area contributed by atoms with E-state index in [1.807, 2.05) is 18.3 Å². The summed E-state index contributed by atoms with van der Waals surface area (Å²) in [6.07, 6.45) is 3.61. The van der Waals surface area contributed by atoms with Gasteiger partial charge in [0.15, 0.2) is 5.96 Å². The Morgan fingerprint density at radius 3 is 2.57 bits per heavy atom. The number of guanidine groups is 1.